The highest BCUT2D eigenvalue weighted by Gasteiger charge is 2.27. The van der Waals surface area contributed by atoms with Crippen LogP contribution in [0.25, 0.3) is 0 Å². The number of fused-ring (bicyclic) bond motifs is 1. The number of ether oxygens (including phenoxy) is 1. The van der Waals surface area contributed by atoms with E-state index in [4.69, 9.17) is 21.3 Å². The molecular formula is C27H33ClN6O. The molecule has 0 radical (unpaired) electrons. The first-order valence-corrected chi connectivity index (χ1v) is 12.8. The van der Waals surface area contributed by atoms with E-state index in [9.17, 15) is 0 Å². The van der Waals surface area contributed by atoms with Gasteiger partial charge in [0.05, 0.1) is 6.04 Å². The van der Waals surface area contributed by atoms with Crippen LogP contribution in [0.4, 0.5) is 11.5 Å². The Kier molecular flexibility index (Phi) is 7.66. The number of anilines is 2. The molecule has 1 atom stereocenters. The molecule has 2 aliphatic rings. The lowest BCUT2D eigenvalue weighted by molar-refractivity contribution is 0.239. The van der Waals surface area contributed by atoms with Crippen molar-refractivity contribution in [3.63, 3.8) is 0 Å². The average Bonchev–Trinajstić information content (AvgIpc) is 2.86. The van der Waals surface area contributed by atoms with Crippen molar-refractivity contribution in [2.45, 2.75) is 25.8 Å². The predicted molar refractivity (Wildman–Crippen MR) is 142 cm³/mol. The van der Waals surface area contributed by atoms with E-state index in [0.717, 1.165) is 93.0 Å². The summed E-state index contributed by atoms with van der Waals surface area (Å²) in [6.07, 6.45) is 4.13. The molecule has 0 saturated carbocycles. The van der Waals surface area contributed by atoms with Crippen LogP contribution in [0.3, 0.4) is 0 Å². The molecule has 7 nitrogen and oxygen atoms in total. The maximum Gasteiger partial charge on any atom is 0.137 e. The summed E-state index contributed by atoms with van der Waals surface area (Å²) >= 11 is 6.10. The van der Waals surface area contributed by atoms with Crippen molar-refractivity contribution in [3.8, 4) is 11.5 Å². The molecule has 184 valence electrons. The first kappa shape index (κ1) is 23.9. The molecule has 2 aromatic carbocycles. The van der Waals surface area contributed by atoms with Gasteiger partial charge in [-0.05, 0) is 56.6 Å². The highest BCUT2D eigenvalue weighted by Crippen LogP contribution is 2.35. The molecule has 0 spiro atoms. The van der Waals surface area contributed by atoms with E-state index in [1.165, 1.54) is 0 Å². The largest absolute Gasteiger partial charge is 0.457 e. The molecule has 35 heavy (non-hydrogen) atoms. The highest BCUT2D eigenvalue weighted by molar-refractivity contribution is 6.30. The van der Waals surface area contributed by atoms with Crippen molar-refractivity contribution in [2.75, 3.05) is 56.0 Å². The lowest BCUT2D eigenvalue weighted by Gasteiger charge is -2.36. The van der Waals surface area contributed by atoms with Crippen molar-refractivity contribution in [2.24, 2.45) is 0 Å². The van der Waals surface area contributed by atoms with Crippen LogP contribution >= 0.6 is 11.6 Å². The number of aryl methyl sites for hydroxylation is 1. The van der Waals surface area contributed by atoms with Crippen molar-refractivity contribution < 1.29 is 4.74 Å². The normalized spacial score (nSPS) is 18.2. The number of hydrogen-bond acceptors (Lipinski definition) is 7. The molecule has 3 heterocycles. The van der Waals surface area contributed by atoms with E-state index in [1.807, 2.05) is 55.6 Å². The van der Waals surface area contributed by atoms with Gasteiger partial charge >= 0.3 is 0 Å². The highest BCUT2D eigenvalue weighted by atomic mass is 35.5. The topological polar surface area (TPSA) is 65.6 Å². The van der Waals surface area contributed by atoms with Gasteiger partial charge in [-0.3, -0.25) is 0 Å². The second-order valence-corrected chi connectivity index (χ2v) is 9.64. The Labute approximate surface area is 212 Å². The maximum absolute atomic E-state index is 6.10. The first-order valence-electron chi connectivity index (χ1n) is 12.5. The molecule has 0 bridgehead atoms. The third-order valence-electron chi connectivity index (χ3n) is 6.60. The number of halogens is 1. The minimum Gasteiger partial charge on any atom is -0.457 e. The zero-order chi connectivity index (χ0) is 24.0. The van der Waals surface area contributed by atoms with Gasteiger partial charge in [0.15, 0.2) is 0 Å². The number of aromatic nitrogens is 2. The molecule has 0 amide bonds. The van der Waals surface area contributed by atoms with Crippen LogP contribution < -0.4 is 20.3 Å². The SMILES string of the molecule is Cc1ncc2c(n1)N(CCCN1CCNCC1)CCC2Nc1cccc(Oc2cccc(Cl)c2)c1. The fraction of sp³-hybridized carbons (Fsp3) is 0.407. The van der Waals surface area contributed by atoms with E-state index in [0.29, 0.717) is 5.02 Å². The number of rotatable bonds is 8. The average molecular weight is 493 g/mol. The molecule has 1 unspecified atom stereocenters. The molecule has 1 aromatic heterocycles. The van der Waals surface area contributed by atoms with E-state index in [-0.39, 0.29) is 6.04 Å². The van der Waals surface area contributed by atoms with Crippen molar-refractivity contribution in [1.82, 2.24) is 20.2 Å². The summed E-state index contributed by atoms with van der Waals surface area (Å²) in [6.45, 7) is 9.57. The molecule has 2 N–H and O–H groups in total. The fourth-order valence-electron chi connectivity index (χ4n) is 4.82. The Hall–Kier alpha value is -2.87. The van der Waals surface area contributed by atoms with Crippen LogP contribution in [0, 0.1) is 6.92 Å². The molecule has 1 fully saturated rings. The van der Waals surface area contributed by atoms with Gasteiger partial charge in [-0.15, -0.1) is 0 Å². The quantitative estimate of drug-likeness (QED) is 0.464. The monoisotopic (exact) mass is 492 g/mol. The van der Waals surface area contributed by atoms with Gasteiger partial charge in [-0.2, -0.15) is 0 Å². The Morgan fingerprint density at radius 3 is 2.69 bits per heavy atom. The van der Waals surface area contributed by atoms with Crippen molar-refractivity contribution in [3.05, 3.63) is 71.1 Å². The minimum atomic E-state index is 0.149. The predicted octanol–water partition coefficient (Wildman–Crippen LogP) is 4.89. The summed E-state index contributed by atoms with van der Waals surface area (Å²) in [6, 6.07) is 15.6. The smallest absolute Gasteiger partial charge is 0.137 e. The Balaban J connectivity index is 1.26. The second kappa shape index (κ2) is 11.2. The lowest BCUT2D eigenvalue weighted by Crippen LogP contribution is -2.44. The molecule has 3 aromatic rings. The summed E-state index contributed by atoms with van der Waals surface area (Å²) in [5.74, 6) is 3.36. The fourth-order valence-corrected chi connectivity index (χ4v) is 5.00. The molecule has 1 saturated heterocycles. The Morgan fingerprint density at radius 1 is 1.06 bits per heavy atom. The molecule has 8 heteroatoms. The van der Waals surface area contributed by atoms with Crippen LogP contribution in [0.15, 0.2) is 54.7 Å². The zero-order valence-corrected chi connectivity index (χ0v) is 21.0. The Morgan fingerprint density at radius 2 is 1.86 bits per heavy atom. The van der Waals surface area contributed by atoms with Gasteiger partial charge < -0.3 is 25.2 Å². The third kappa shape index (κ3) is 6.23. The number of piperazine rings is 1. The van der Waals surface area contributed by atoms with Gasteiger partial charge in [0, 0.05) is 67.8 Å². The summed E-state index contributed by atoms with van der Waals surface area (Å²) in [5, 5.41) is 7.78. The molecule has 5 rings (SSSR count). The number of benzene rings is 2. The summed E-state index contributed by atoms with van der Waals surface area (Å²) in [4.78, 5) is 14.4. The molecular weight excluding hydrogens is 460 g/mol. The van der Waals surface area contributed by atoms with E-state index in [2.05, 4.69) is 31.5 Å². The lowest BCUT2D eigenvalue weighted by atomic mass is 10.00. The Bertz CT molecular complexity index is 1140. The van der Waals surface area contributed by atoms with Gasteiger partial charge in [-0.25, -0.2) is 9.97 Å². The van der Waals surface area contributed by atoms with Crippen LogP contribution in [-0.2, 0) is 0 Å². The van der Waals surface area contributed by atoms with Crippen LogP contribution in [-0.4, -0.2) is 60.7 Å². The standard InChI is InChI=1S/C27H33ClN6O/c1-20-30-19-25-26(9-14-34(27(25)31-20)13-4-12-33-15-10-29-11-16-33)32-22-6-3-8-24(18-22)35-23-7-2-5-21(28)17-23/h2-3,5-8,17-19,26,29,32H,4,9-16H2,1H3. The van der Waals surface area contributed by atoms with Crippen LogP contribution in [0.1, 0.15) is 30.3 Å². The minimum absolute atomic E-state index is 0.149. The number of nitrogens with zero attached hydrogens (tertiary/aromatic N) is 4. The summed E-state index contributed by atoms with van der Waals surface area (Å²) in [5.41, 5.74) is 2.17. The third-order valence-corrected chi connectivity index (χ3v) is 6.83. The molecule has 0 aliphatic carbocycles. The summed E-state index contributed by atoms with van der Waals surface area (Å²) in [7, 11) is 0. The number of nitrogens with one attached hydrogen (secondary N) is 2. The second-order valence-electron chi connectivity index (χ2n) is 9.20. The van der Waals surface area contributed by atoms with Gasteiger partial charge in [0.2, 0.25) is 0 Å². The van der Waals surface area contributed by atoms with Gasteiger partial charge in [-0.1, -0.05) is 23.7 Å². The van der Waals surface area contributed by atoms with Gasteiger partial charge in [0.1, 0.15) is 23.1 Å². The van der Waals surface area contributed by atoms with E-state index >= 15 is 0 Å². The molecule has 2 aliphatic heterocycles. The maximum atomic E-state index is 6.10. The van der Waals surface area contributed by atoms with Crippen LogP contribution in [0.2, 0.25) is 5.02 Å². The van der Waals surface area contributed by atoms with Gasteiger partial charge in [0.25, 0.3) is 0 Å². The number of hydrogen-bond donors (Lipinski definition) is 2. The summed E-state index contributed by atoms with van der Waals surface area (Å²) < 4.78 is 6.02. The van der Waals surface area contributed by atoms with Crippen LogP contribution in [0.5, 0.6) is 11.5 Å². The first-order chi connectivity index (χ1) is 17.1. The van der Waals surface area contributed by atoms with E-state index < -0.39 is 0 Å². The zero-order valence-electron chi connectivity index (χ0n) is 20.2. The van der Waals surface area contributed by atoms with Crippen molar-refractivity contribution in [1.29, 1.82) is 0 Å². The van der Waals surface area contributed by atoms with E-state index in [1.54, 1.807) is 0 Å². The van der Waals surface area contributed by atoms with Crippen molar-refractivity contribution >= 4 is 23.1 Å².